The normalized spacial score (nSPS) is 10.0. The molecule has 0 fully saturated rings. The van der Waals surface area contributed by atoms with Gasteiger partial charge in [0.15, 0.2) is 17.4 Å². The molecule has 0 aliphatic heterocycles. The quantitative estimate of drug-likeness (QED) is 0.440. The molecule has 1 rings (SSSR count). The van der Waals surface area contributed by atoms with Gasteiger partial charge in [-0.25, -0.2) is 8.78 Å². The number of halogens is 3. The second kappa shape index (κ2) is 3.47. The zero-order valence-electron chi connectivity index (χ0n) is 6.20. The third-order valence-electron chi connectivity index (χ3n) is 1.39. The summed E-state index contributed by atoms with van der Waals surface area (Å²) in [5, 5.41) is 0. The predicted octanol–water partition coefficient (Wildman–Crippen LogP) is 2.77. The van der Waals surface area contributed by atoms with Gasteiger partial charge in [0, 0.05) is 9.13 Å². The molecule has 0 atom stereocenters. The van der Waals surface area contributed by atoms with Gasteiger partial charge in [0.2, 0.25) is 0 Å². The van der Waals surface area contributed by atoms with Crippen LogP contribution in [0.3, 0.4) is 0 Å². The second-order valence-electron chi connectivity index (χ2n) is 2.30. The van der Waals surface area contributed by atoms with Crippen LogP contribution in [0.15, 0.2) is 12.1 Å². The Kier molecular flexibility index (Phi) is 2.76. The molecule has 4 heteroatoms. The minimum atomic E-state index is -0.986. The van der Waals surface area contributed by atoms with Gasteiger partial charge in [-0.1, -0.05) is 0 Å². The van der Waals surface area contributed by atoms with E-state index in [1.165, 1.54) is 6.92 Å². The summed E-state index contributed by atoms with van der Waals surface area (Å²) >= 11 is 1.79. The molecule has 1 aromatic rings. The largest absolute Gasteiger partial charge is 0.294 e. The smallest absolute Gasteiger partial charge is 0.160 e. The SMILES string of the molecule is CC(=O)c1cc(F)c(F)cc1I. The van der Waals surface area contributed by atoms with E-state index in [4.69, 9.17) is 0 Å². The van der Waals surface area contributed by atoms with E-state index in [2.05, 4.69) is 0 Å². The number of rotatable bonds is 1. The van der Waals surface area contributed by atoms with Crippen LogP contribution in [-0.4, -0.2) is 5.78 Å². The summed E-state index contributed by atoms with van der Waals surface area (Å²) in [6.45, 7) is 1.31. The number of Topliss-reactive ketones (excluding diaryl/α,β-unsaturated/α-hetero) is 1. The molecule has 0 spiro atoms. The van der Waals surface area contributed by atoms with Crippen molar-refractivity contribution < 1.29 is 13.6 Å². The first kappa shape index (κ1) is 9.57. The maximum absolute atomic E-state index is 12.6. The predicted molar refractivity (Wildman–Crippen MR) is 49.1 cm³/mol. The molecule has 0 aromatic heterocycles. The van der Waals surface area contributed by atoms with Crippen LogP contribution in [-0.2, 0) is 0 Å². The first-order chi connectivity index (χ1) is 5.52. The number of hydrogen-bond donors (Lipinski definition) is 0. The van der Waals surface area contributed by atoms with Gasteiger partial charge in [-0.3, -0.25) is 4.79 Å². The first-order valence-electron chi connectivity index (χ1n) is 3.18. The molecule has 0 bridgehead atoms. The standard InChI is InChI=1S/C8H5F2IO/c1-4(12)5-2-6(9)7(10)3-8(5)11/h2-3H,1H3. The fraction of sp³-hybridized carbons (Fsp3) is 0.125. The molecule has 0 aliphatic carbocycles. The fourth-order valence-electron chi connectivity index (χ4n) is 0.792. The van der Waals surface area contributed by atoms with Crippen molar-refractivity contribution in [1.29, 1.82) is 0 Å². The summed E-state index contributed by atoms with van der Waals surface area (Å²) in [6, 6.07) is 1.92. The lowest BCUT2D eigenvalue weighted by molar-refractivity contribution is 0.101. The van der Waals surface area contributed by atoms with E-state index in [1.54, 1.807) is 22.6 Å². The Hall–Kier alpha value is -0.520. The molecule has 0 amide bonds. The van der Waals surface area contributed by atoms with Crippen molar-refractivity contribution in [2.75, 3.05) is 0 Å². The Morgan fingerprint density at radius 2 is 1.83 bits per heavy atom. The van der Waals surface area contributed by atoms with Gasteiger partial charge in [0.25, 0.3) is 0 Å². The molecule has 1 nitrogen and oxygen atoms in total. The molecule has 1 aromatic carbocycles. The van der Waals surface area contributed by atoms with E-state index in [0.29, 0.717) is 3.57 Å². The molecule has 0 saturated heterocycles. The number of carbonyl (C=O) groups is 1. The van der Waals surface area contributed by atoms with Gasteiger partial charge in [-0.15, -0.1) is 0 Å². The van der Waals surface area contributed by atoms with Gasteiger partial charge in [-0.05, 0) is 41.6 Å². The molecule has 0 aliphatic rings. The van der Waals surface area contributed by atoms with Crippen LogP contribution in [0.25, 0.3) is 0 Å². The average molecular weight is 282 g/mol. The van der Waals surface area contributed by atoms with Crippen LogP contribution in [0.4, 0.5) is 8.78 Å². The lowest BCUT2D eigenvalue weighted by atomic mass is 10.1. The van der Waals surface area contributed by atoms with Gasteiger partial charge >= 0.3 is 0 Å². The van der Waals surface area contributed by atoms with Crippen LogP contribution >= 0.6 is 22.6 Å². The highest BCUT2D eigenvalue weighted by Gasteiger charge is 2.10. The van der Waals surface area contributed by atoms with E-state index in [1.807, 2.05) is 0 Å². The van der Waals surface area contributed by atoms with E-state index in [0.717, 1.165) is 12.1 Å². The van der Waals surface area contributed by atoms with Crippen molar-refractivity contribution in [2.45, 2.75) is 6.92 Å². The van der Waals surface area contributed by atoms with Crippen molar-refractivity contribution >= 4 is 28.4 Å². The van der Waals surface area contributed by atoms with Gasteiger partial charge in [0.05, 0.1) is 0 Å². The number of hydrogen-bond acceptors (Lipinski definition) is 1. The number of carbonyl (C=O) groups excluding carboxylic acids is 1. The van der Waals surface area contributed by atoms with Crippen LogP contribution < -0.4 is 0 Å². The summed E-state index contributed by atoms with van der Waals surface area (Å²) in [7, 11) is 0. The minimum absolute atomic E-state index is 0.217. The van der Waals surface area contributed by atoms with Gasteiger partial charge in [-0.2, -0.15) is 0 Å². The Bertz CT molecular complexity index is 336. The lowest BCUT2D eigenvalue weighted by Gasteiger charge is -2.00. The topological polar surface area (TPSA) is 17.1 Å². The summed E-state index contributed by atoms with van der Waals surface area (Å²) < 4.78 is 25.6. The van der Waals surface area contributed by atoms with E-state index < -0.39 is 11.6 Å². The maximum atomic E-state index is 12.6. The van der Waals surface area contributed by atoms with Crippen LogP contribution in [0.5, 0.6) is 0 Å². The van der Waals surface area contributed by atoms with Crippen molar-refractivity contribution in [2.24, 2.45) is 0 Å². The number of benzene rings is 1. The molecule has 0 heterocycles. The van der Waals surface area contributed by atoms with E-state index >= 15 is 0 Å². The third kappa shape index (κ3) is 1.80. The molecular formula is C8H5F2IO. The maximum Gasteiger partial charge on any atom is 0.160 e. The van der Waals surface area contributed by atoms with Gasteiger partial charge < -0.3 is 0 Å². The highest BCUT2D eigenvalue weighted by Crippen LogP contribution is 2.17. The average Bonchev–Trinajstić information content (AvgIpc) is 1.96. The van der Waals surface area contributed by atoms with Crippen LogP contribution in [0.1, 0.15) is 17.3 Å². The number of ketones is 1. The van der Waals surface area contributed by atoms with E-state index in [-0.39, 0.29) is 11.3 Å². The van der Waals surface area contributed by atoms with E-state index in [9.17, 15) is 13.6 Å². The zero-order valence-corrected chi connectivity index (χ0v) is 8.35. The van der Waals surface area contributed by atoms with Gasteiger partial charge in [0.1, 0.15) is 0 Å². The Morgan fingerprint density at radius 3 is 2.33 bits per heavy atom. The molecule has 64 valence electrons. The second-order valence-corrected chi connectivity index (χ2v) is 3.46. The van der Waals surface area contributed by atoms with Crippen molar-refractivity contribution in [3.05, 3.63) is 32.9 Å². The summed E-state index contributed by atoms with van der Waals surface area (Å²) in [4.78, 5) is 10.8. The minimum Gasteiger partial charge on any atom is -0.294 e. The van der Waals surface area contributed by atoms with Crippen molar-refractivity contribution in [3.8, 4) is 0 Å². The molecule has 0 N–H and O–H groups in total. The summed E-state index contributed by atoms with van der Waals surface area (Å²) in [6.07, 6.45) is 0. The van der Waals surface area contributed by atoms with Crippen LogP contribution in [0, 0.1) is 15.2 Å². The highest BCUT2D eigenvalue weighted by atomic mass is 127. The first-order valence-corrected chi connectivity index (χ1v) is 4.25. The Labute approximate surface area is 81.9 Å². The molecule has 0 radical (unpaired) electrons. The molecule has 0 unspecified atom stereocenters. The highest BCUT2D eigenvalue weighted by molar-refractivity contribution is 14.1. The molecular weight excluding hydrogens is 277 g/mol. The summed E-state index contributed by atoms with van der Waals surface area (Å²) in [5.41, 5.74) is 0.217. The van der Waals surface area contributed by atoms with Crippen LogP contribution in [0.2, 0.25) is 0 Å². The molecule has 12 heavy (non-hydrogen) atoms. The third-order valence-corrected chi connectivity index (χ3v) is 2.28. The Morgan fingerprint density at radius 1 is 1.33 bits per heavy atom. The van der Waals surface area contributed by atoms with Crippen molar-refractivity contribution in [1.82, 2.24) is 0 Å². The fourth-order valence-corrected chi connectivity index (χ4v) is 1.60. The summed E-state index contributed by atoms with van der Waals surface area (Å²) in [5.74, 6) is -2.18. The Balaban J connectivity index is 3.33. The van der Waals surface area contributed by atoms with Crippen molar-refractivity contribution in [3.63, 3.8) is 0 Å². The lowest BCUT2D eigenvalue weighted by Crippen LogP contribution is -1.99. The molecule has 0 saturated carbocycles. The monoisotopic (exact) mass is 282 g/mol. The zero-order chi connectivity index (χ0) is 9.30.